The number of aryl methyl sites for hydroxylation is 1. The topological polar surface area (TPSA) is 26.8 Å². The maximum absolute atomic E-state index is 13.3. The van der Waals surface area contributed by atoms with E-state index >= 15 is 0 Å². The molecule has 1 saturated heterocycles. The second-order valence-electron chi connectivity index (χ2n) is 7.88. The van der Waals surface area contributed by atoms with E-state index in [0.717, 1.165) is 37.6 Å². The Hall–Kier alpha value is -3.11. The molecule has 1 aliphatic heterocycles. The van der Waals surface area contributed by atoms with Crippen LogP contribution in [0.25, 0.3) is 0 Å². The third-order valence-electron chi connectivity index (χ3n) is 5.93. The van der Waals surface area contributed by atoms with Gasteiger partial charge in [-0.05, 0) is 55.3 Å². The predicted octanol–water partition coefficient (Wildman–Crippen LogP) is 4.79. The van der Waals surface area contributed by atoms with E-state index in [4.69, 9.17) is 0 Å². The number of piperazine rings is 1. The Morgan fingerprint density at radius 2 is 1.33 bits per heavy atom. The third kappa shape index (κ3) is 4.39. The monoisotopic (exact) mass is 399 g/mol. The summed E-state index contributed by atoms with van der Waals surface area (Å²) < 4.78 is 0. The summed E-state index contributed by atoms with van der Waals surface area (Å²) in [5.74, 6) is 0.104. The number of carbonyl (C=O) groups excluding carboxylic acids is 1. The van der Waals surface area contributed by atoms with Crippen LogP contribution in [0, 0.1) is 13.8 Å². The fraction of sp³-hybridized carbons (Fsp3) is 0.269. The number of rotatable bonds is 5. The largest absolute Gasteiger partial charge is 0.369 e. The second-order valence-corrected chi connectivity index (χ2v) is 7.88. The molecule has 0 N–H and O–H groups in total. The van der Waals surface area contributed by atoms with Gasteiger partial charge >= 0.3 is 0 Å². The molecule has 3 aromatic carbocycles. The molecule has 0 unspecified atom stereocenters. The van der Waals surface area contributed by atoms with E-state index in [1.165, 1.54) is 16.8 Å². The summed E-state index contributed by atoms with van der Waals surface area (Å²) >= 11 is 0. The minimum Gasteiger partial charge on any atom is -0.369 e. The number of nitrogens with zero attached hydrogens (tertiary/aromatic N) is 3. The second kappa shape index (κ2) is 9.14. The maximum Gasteiger partial charge on any atom is 0.245 e. The van der Waals surface area contributed by atoms with Crippen LogP contribution in [0.1, 0.15) is 11.1 Å². The van der Waals surface area contributed by atoms with Crippen molar-refractivity contribution >= 4 is 23.0 Å². The highest BCUT2D eigenvalue weighted by Crippen LogP contribution is 2.26. The lowest BCUT2D eigenvalue weighted by Crippen LogP contribution is -2.49. The highest BCUT2D eigenvalue weighted by atomic mass is 16.2. The van der Waals surface area contributed by atoms with Gasteiger partial charge in [0, 0.05) is 43.2 Å². The summed E-state index contributed by atoms with van der Waals surface area (Å²) in [4.78, 5) is 19.9. The normalized spacial score (nSPS) is 14.5. The van der Waals surface area contributed by atoms with E-state index in [0.29, 0.717) is 6.54 Å². The minimum absolute atomic E-state index is 0.104. The van der Waals surface area contributed by atoms with Gasteiger partial charge in [0.1, 0.15) is 0 Å². The molecule has 1 amide bonds. The SMILES string of the molecule is Cc1cccc(N2CCN(CC(=O)N(c3ccccc3)c3ccccc3)CC2)c1C. The molecular weight excluding hydrogens is 370 g/mol. The van der Waals surface area contributed by atoms with E-state index in [9.17, 15) is 4.79 Å². The van der Waals surface area contributed by atoms with Crippen LogP contribution in [-0.4, -0.2) is 43.5 Å². The Morgan fingerprint density at radius 1 is 0.767 bits per heavy atom. The van der Waals surface area contributed by atoms with Gasteiger partial charge in [0.15, 0.2) is 0 Å². The molecule has 1 fully saturated rings. The summed E-state index contributed by atoms with van der Waals surface area (Å²) in [6.45, 7) is 8.42. The molecule has 0 bridgehead atoms. The Morgan fingerprint density at radius 3 is 1.90 bits per heavy atom. The first kappa shape index (κ1) is 20.2. The summed E-state index contributed by atoms with van der Waals surface area (Å²) in [5, 5.41) is 0. The molecule has 0 aromatic heterocycles. The van der Waals surface area contributed by atoms with Gasteiger partial charge < -0.3 is 4.90 Å². The molecule has 1 aliphatic rings. The fourth-order valence-corrected chi connectivity index (χ4v) is 4.08. The van der Waals surface area contributed by atoms with Gasteiger partial charge in [-0.1, -0.05) is 48.5 Å². The molecule has 0 saturated carbocycles. The van der Waals surface area contributed by atoms with Gasteiger partial charge in [-0.25, -0.2) is 0 Å². The van der Waals surface area contributed by atoms with Crippen molar-refractivity contribution in [1.29, 1.82) is 0 Å². The molecule has 4 rings (SSSR count). The molecule has 154 valence electrons. The van der Waals surface area contributed by atoms with Crippen LogP contribution in [0.4, 0.5) is 17.1 Å². The van der Waals surface area contributed by atoms with Crippen LogP contribution >= 0.6 is 0 Å². The molecular formula is C26H29N3O. The van der Waals surface area contributed by atoms with Crippen molar-refractivity contribution in [2.24, 2.45) is 0 Å². The zero-order valence-corrected chi connectivity index (χ0v) is 17.8. The van der Waals surface area contributed by atoms with E-state index in [1.807, 2.05) is 65.6 Å². The Kier molecular flexibility index (Phi) is 6.15. The number of amides is 1. The van der Waals surface area contributed by atoms with Gasteiger partial charge in [-0.15, -0.1) is 0 Å². The number of anilines is 3. The number of carbonyl (C=O) groups is 1. The third-order valence-corrected chi connectivity index (χ3v) is 5.93. The molecule has 0 atom stereocenters. The predicted molar refractivity (Wildman–Crippen MR) is 125 cm³/mol. The van der Waals surface area contributed by atoms with Crippen LogP contribution in [0.2, 0.25) is 0 Å². The lowest BCUT2D eigenvalue weighted by atomic mass is 10.1. The first-order valence-corrected chi connectivity index (χ1v) is 10.6. The highest BCUT2D eigenvalue weighted by molar-refractivity contribution is 6.01. The van der Waals surface area contributed by atoms with Gasteiger partial charge in [-0.2, -0.15) is 0 Å². The fourth-order valence-electron chi connectivity index (χ4n) is 4.08. The van der Waals surface area contributed by atoms with Crippen molar-refractivity contribution in [2.45, 2.75) is 13.8 Å². The molecule has 4 nitrogen and oxygen atoms in total. The number of benzene rings is 3. The Labute approximate surface area is 179 Å². The van der Waals surface area contributed by atoms with E-state index in [2.05, 4.69) is 41.8 Å². The van der Waals surface area contributed by atoms with Crippen LogP contribution < -0.4 is 9.80 Å². The standard InChI is InChI=1S/C26H29N3O/c1-21-10-9-15-25(22(21)2)28-18-16-27(17-19-28)20-26(30)29(23-11-5-3-6-12-23)24-13-7-4-8-14-24/h3-15H,16-20H2,1-2H3. The zero-order chi connectivity index (χ0) is 20.9. The lowest BCUT2D eigenvalue weighted by Gasteiger charge is -2.37. The number of hydrogen-bond acceptors (Lipinski definition) is 3. The highest BCUT2D eigenvalue weighted by Gasteiger charge is 2.24. The minimum atomic E-state index is 0.104. The molecule has 30 heavy (non-hydrogen) atoms. The van der Waals surface area contributed by atoms with Gasteiger partial charge in [0.05, 0.1) is 6.54 Å². The van der Waals surface area contributed by atoms with E-state index in [-0.39, 0.29) is 5.91 Å². The molecule has 0 aliphatic carbocycles. The number of hydrogen-bond donors (Lipinski definition) is 0. The van der Waals surface area contributed by atoms with Gasteiger partial charge in [-0.3, -0.25) is 14.6 Å². The maximum atomic E-state index is 13.3. The van der Waals surface area contributed by atoms with Crippen molar-refractivity contribution in [3.63, 3.8) is 0 Å². The molecule has 0 spiro atoms. The quantitative estimate of drug-likeness (QED) is 0.617. The van der Waals surface area contributed by atoms with Gasteiger partial charge in [0.25, 0.3) is 0 Å². The van der Waals surface area contributed by atoms with Crippen LogP contribution in [-0.2, 0) is 4.79 Å². The van der Waals surface area contributed by atoms with Crippen LogP contribution in [0.3, 0.4) is 0 Å². The smallest absolute Gasteiger partial charge is 0.245 e. The molecule has 4 heteroatoms. The molecule has 1 heterocycles. The van der Waals surface area contributed by atoms with Crippen molar-refractivity contribution < 1.29 is 4.79 Å². The average molecular weight is 400 g/mol. The van der Waals surface area contributed by atoms with E-state index in [1.54, 1.807) is 0 Å². The van der Waals surface area contributed by atoms with Gasteiger partial charge in [0.2, 0.25) is 5.91 Å². The summed E-state index contributed by atoms with van der Waals surface area (Å²) in [7, 11) is 0. The van der Waals surface area contributed by atoms with Crippen molar-refractivity contribution in [3.8, 4) is 0 Å². The summed E-state index contributed by atoms with van der Waals surface area (Å²) in [5.41, 5.74) is 5.80. The zero-order valence-electron chi connectivity index (χ0n) is 17.8. The first-order chi connectivity index (χ1) is 14.6. The molecule has 3 aromatic rings. The number of para-hydroxylation sites is 2. The van der Waals surface area contributed by atoms with Crippen molar-refractivity contribution in [1.82, 2.24) is 4.90 Å². The first-order valence-electron chi connectivity index (χ1n) is 10.6. The molecule has 0 radical (unpaired) electrons. The summed E-state index contributed by atoms with van der Waals surface area (Å²) in [6, 6.07) is 26.3. The average Bonchev–Trinajstić information content (AvgIpc) is 2.78. The van der Waals surface area contributed by atoms with Crippen LogP contribution in [0.15, 0.2) is 78.9 Å². The summed E-state index contributed by atoms with van der Waals surface area (Å²) in [6.07, 6.45) is 0. The van der Waals surface area contributed by atoms with Crippen molar-refractivity contribution in [2.75, 3.05) is 42.5 Å². The Balaban J connectivity index is 1.45. The van der Waals surface area contributed by atoms with Crippen LogP contribution in [0.5, 0.6) is 0 Å². The Bertz CT molecular complexity index is 940. The lowest BCUT2D eigenvalue weighted by molar-refractivity contribution is -0.119. The van der Waals surface area contributed by atoms with Crippen molar-refractivity contribution in [3.05, 3.63) is 90.0 Å². The van der Waals surface area contributed by atoms with E-state index < -0.39 is 0 Å².